The first-order valence-corrected chi connectivity index (χ1v) is 17.4. The van der Waals surface area contributed by atoms with Gasteiger partial charge in [0, 0.05) is 31.9 Å². The number of rotatable bonds is 8. The van der Waals surface area contributed by atoms with E-state index in [2.05, 4.69) is 16.5 Å². The second kappa shape index (κ2) is 12.6. The van der Waals surface area contributed by atoms with Crippen LogP contribution in [0.25, 0.3) is 28.0 Å². The molecule has 11 nitrogen and oxygen atoms in total. The highest BCUT2D eigenvalue weighted by atomic mass is 32.2. The van der Waals surface area contributed by atoms with Gasteiger partial charge in [-0.1, -0.05) is 31.7 Å². The van der Waals surface area contributed by atoms with Gasteiger partial charge in [0.25, 0.3) is 0 Å². The molecule has 1 aliphatic carbocycles. The molecule has 3 heterocycles. The van der Waals surface area contributed by atoms with Gasteiger partial charge in [0.15, 0.2) is 21.3 Å². The van der Waals surface area contributed by atoms with Crippen LogP contribution in [-0.4, -0.2) is 71.7 Å². The minimum absolute atomic E-state index is 0.00928. The van der Waals surface area contributed by atoms with Crippen molar-refractivity contribution < 1.29 is 31.5 Å². The van der Waals surface area contributed by atoms with Crippen molar-refractivity contribution >= 4 is 38.6 Å². The van der Waals surface area contributed by atoms with Crippen molar-refractivity contribution in [2.24, 2.45) is 5.92 Å². The summed E-state index contributed by atoms with van der Waals surface area (Å²) in [6, 6.07) is 8.96. The minimum Gasteiger partial charge on any atom is -0.425 e. The van der Waals surface area contributed by atoms with Crippen LogP contribution >= 0.6 is 0 Å². The van der Waals surface area contributed by atoms with Gasteiger partial charge >= 0.3 is 11.7 Å². The van der Waals surface area contributed by atoms with Gasteiger partial charge in [-0.3, -0.25) is 9.59 Å². The molecule has 0 spiro atoms. The van der Waals surface area contributed by atoms with Crippen molar-refractivity contribution in [3.63, 3.8) is 0 Å². The number of aromatic nitrogens is 3. The molecule has 2 aromatic heterocycles. The van der Waals surface area contributed by atoms with Crippen LogP contribution in [0.5, 0.6) is 5.75 Å². The Morgan fingerprint density at radius 1 is 1.08 bits per heavy atom. The first-order chi connectivity index (χ1) is 22.8. The number of hydrogen-bond acceptors (Lipinski definition) is 9. The molecule has 1 amide bonds. The molecule has 2 fully saturated rings. The second-order valence-electron chi connectivity index (χ2n) is 12.0. The van der Waals surface area contributed by atoms with Crippen molar-refractivity contribution in [2.45, 2.75) is 44.0 Å². The number of para-hydroxylation sites is 1. The second-order valence-corrected chi connectivity index (χ2v) is 14.0. The van der Waals surface area contributed by atoms with E-state index in [-0.39, 0.29) is 70.7 Å². The Morgan fingerprint density at radius 2 is 1.81 bits per heavy atom. The molecule has 1 saturated heterocycles. The van der Waals surface area contributed by atoms with Crippen molar-refractivity contribution in [3.8, 4) is 22.7 Å². The number of carbonyl (C=O) groups is 2. The monoisotopic (exact) mass is 677 g/mol. The van der Waals surface area contributed by atoms with Crippen LogP contribution < -0.4 is 15.3 Å². The number of fused-ring (bicyclic) bond motifs is 1. The SMILES string of the molecule is C=CC(=O)N1CCN(c2nc(=O)n(-c3c(CC)cccc3S(C)(=O)=O)c3nc(-c4c(F)cccc4OC(=O)C4CC4)c(F)cc23)[C@@H](C)C1. The highest BCUT2D eigenvalue weighted by molar-refractivity contribution is 7.90. The predicted molar refractivity (Wildman–Crippen MR) is 175 cm³/mol. The number of piperazine rings is 1. The maximum absolute atomic E-state index is 16.3. The van der Waals surface area contributed by atoms with Gasteiger partial charge in [0.05, 0.1) is 27.5 Å². The van der Waals surface area contributed by atoms with E-state index in [0.29, 0.717) is 24.8 Å². The molecule has 1 aliphatic heterocycles. The number of ether oxygens (including phenoxy) is 1. The average Bonchev–Trinajstić information content (AvgIpc) is 3.90. The predicted octanol–water partition coefficient (Wildman–Crippen LogP) is 4.23. The first kappa shape index (κ1) is 32.9. The van der Waals surface area contributed by atoms with E-state index in [4.69, 9.17) is 4.74 Å². The van der Waals surface area contributed by atoms with Crippen LogP contribution in [0.1, 0.15) is 32.3 Å². The number of esters is 1. The molecule has 0 bridgehead atoms. The molecular formula is C34H33F2N5O6S. The first-order valence-electron chi connectivity index (χ1n) is 15.5. The zero-order chi connectivity index (χ0) is 34.5. The quantitative estimate of drug-likeness (QED) is 0.153. The van der Waals surface area contributed by atoms with Gasteiger partial charge in [0.1, 0.15) is 23.1 Å². The summed E-state index contributed by atoms with van der Waals surface area (Å²) in [5.41, 5.74) is -1.61. The number of sulfone groups is 1. The van der Waals surface area contributed by atoms with E-state index in [0.717, 1.165) is 23.0 Å². The minimum atomic E-state index is -3.92. The molecule has 48 heavy (non-hydrogen) atoms. The number of hydrogen-bond donors (Lipinski definition) is 0. The summed E-state index contributed by atoms with van der Waals surface area (Å²) in [7, 11) is -3.92. The fourth-order valence-corrected chi connectivity index (χ4v) is 6.94. The molecule has 0 unspecified atom stereocenters. The Balaban J connectivity index is 1.66. The van der Waals surface area contributed by atoms with E-state index in [1.807, 2.05) is 6.92 Å². The van der Waals surface area contributed by atoms with Gasteiger partial charge in [-0.25, -0.2) is 31.5 Å². The molecule has 2 aromatic carbocycles. The maximum Gasteiger partial charge on any atom is 0.355 e. The number of nitrogens with zero attached hydrogens (tertiary/aromatic N) is 5. The standard InChI is InChI=1S/C34H33F2N5O6S/c1-5-20-9-7-12-26(48(4,45)46)30(20)41-32-22(31(38-34(41)44)40-16-15-39(18-19(40)3)27(42)6-2)17-24(36)29(37-32)28-23(35)10-8-11-25(28)47-33(43)21-13-14-21/h6-12,17,19,21H,2,5,13-16,18H2,1,3-4H3/t19-/m0/s1. The third-order valence-electron chi connectivity index (χ3n) is 8.61. The molecule has 0 radical (unpaired) electrons. The number of halogens is 2. The highest BCUT2D eigenvalue weighted by Gasteiger charge is 2.34. The third kappa shape index (κ3) is 5.96. The smallest absolute Gasteiger partial charge is 0.355 e. The zero-order valence-corrected chi connectivity index (χ0v) is 27.4. The number of anilines is 1. The van der Waals surface area contributed by atoms with Crippen molar-refractivity contribution in [2.75, 3.05) is 30.8 Å². The summed E-state index contributed by atoms with van der Waals surface area (Å²) >= 11 is 0. The lowest BCUT2D eigenvalue weighted by molar-refractivity contribution is -0.135. The van der Waals surface area contributed by atoms with E-state index >= 15 is 8.78 Å². The Morgan fingerprint density at radius 3 is 2.46 bits per heavy atom. The van der Waals surface area contributed by atoms with Gasteiger partial charge in [-0.2, -0.15) is 4.98 Å². The van der Waals surface area contributed by atoms with E-state index in [1.54, 1.807) is 28.9 Å². The molecule has 14 heteroatoms. The molecule has 0 N–H and O–H groups in total. The largest absolute Gasteiger partial charge is 0.425 e. The fourth-order valence-electron chi connectivity index (χ4n) is 6.04. The van der Waals surface area contributed by atoms with Crippen molar-refractivity contribution in [1.29, 1.82) is 0 Å². The van der Waals surface area contributed by atoms with E-state index in [9.17, 15) is 22.8 Å². The average molecular weight is 678 g/mol. The van der Waals surface area contributed by atoms with Crippen LogP contribution in [0, 0.1) is 17.6 Å². The summed E-state index contributed by atoms with van der Waals surface area (Å²) in [6.07, 6.45) is 3.78. The number of pyridine rings is 1. The molecule has 250 valence electrons. The van der Waals surface area contributed by atoms with Crippen LogP contribution in [0.15, 0.2) is 64.8 Å². The topological polar surface area (TPSA) is 132 Å². The lowest BCUT2D eigenvalue weighted by Crippen LogP contribution is -2.54. The lowest BCUT2D eigenvalue weighted by Gasteiger charge is -2.40. The molecule has 2 aliphatic rings. The van der Waals surface area contributed by atoms with E-state index in [1.165, 1.54) is 24.3 Å². The van der Waals surface area contributed by atoms with Crippen LogP contribution in [-0.2, 0) is 25.8 Å². The van der Waals surface area contributed by atoms with Gasteiger partial charge < -0.3 is 14.5 Å². The molecular weight excluding hydrogens is 644 g/mol. The normalized spacial score (nSPS) is 16.6. The number of benzene rings is 2. The summed E-state index contributed by atoms with van der Waals surface area (Å²) in [5, 5.41) is 0.0458. The Hall–Kier alpha value is -4.98. The molecule has 4 aromatic rings. The summed E-state index contributed by atoms with van der Waals surface area (Å²) in [6.45, 7) is 7.88. The zero-order valence-electron chi connectivity index (χ0n) is 26.6. The summed E-state index contributed by atoms with van der Waals surface area (Å²) in [4.78, 5) is 51.1. The van der Waals surface area contributed by atoms with Crippen LogP contribution in [0.2, 0.25) is 0 Å². The number of aryl methyl sites for hydroxylation is 1. The molecule has 1 saturated carbocycles. The van der Waals surface area contributed by atoms with Gasteiger partial charge in [-0.05, 0) is 62.1 Å². The Kier molecular flexibility index (Phi) is 8.62. The third-order valence-corrected chi connectivity index (χ3v) is 9.74. The highest BCUT2D eigenvalue weighted by Crippen LogP contribution is 2.39. The van der Waals surface area contributed by atoms with Crippen molar-refractivity contribution in [3.05, 3.63) is 82.8 Å². The number of amides is 1. The van der Waals surface area contributed by atoms with Crippen LogP contribution in [0.4, 0.5) is 14.6 Å². The summed E-state index contributed by atoms with van der Waals surface area (Å²) in [5.74, 6) is -3.28. The fraction of sp³-hybridized carbons (Fsp3) is 0.324. The molecule has 1 atom stereocenters. The molecule has 6 rings (SSSR count). The number of carbonyl (C=O) groups excluding carboxylic acids is 2. The van der Waals surface area contributed by atoms with E-state index < -0.39 is 44.4 Å². The van der Waals surface area contributed by atoms with Crippen molar-refractivity contribution in [1.82, 2.24) is 19.4 Å². The summed E-state index contributed by atoms with van der Waals surface area (Å²) < 4.78 is 64.5. The lowest BCUT2D eigenvalue weighted by atomic mass is 10.1. The Labute approximate surface area is 275 Å². The van der Waals surface area contributed by atoms with Crippen LogP contribution in [0.3, 0.4) is 0 Å². The van der Waals surface area contributed by atoms with Gasteiger partial charge in [-0.15, -0.1) is 0 Å². The van der Waals surface area contributed by atoms with Gasteiger partial charge in [0.2, 0.25) is 5.91 Å². The Bertz CT molecular complexity index is 2170. The maximum atomic E-state index is 16.3.